The zero-order valence-corrected chi connectivity index (χ0v) is 18.6. The van der Waals surface area contributed by atoms with Crippen molar-refractivity contribution in [1.29, 1.82) is 0 Å². The largest absolute Gasteiger partial charge is 0.444 e. The van der Waals surface area contributed by atoms with Gasteiger partial charge >= 0.3 is 6.09 Å². The molecule has 0 bridgehead atoms. The van der Waals surface area contributed by atoms with Gasteiger partial charge in [0.25, 0.3) is 0 Å². The number of carbonyl (C=O) groups excluding carboxylic acids is 1. The molecule has 26 heavy (non-hydrogen) atoms. The Kier molecular flexibility index (Phi) is 7.11. The molecule has 0 spiro atoms. The van der Waals surface area contributed by atoms with Crippen LogP contribution in [-0.4, -0.2) is 22.3 Å². The molecular formula is C21H35NO3S. The van der Waals surface area contributed by atoms with Crippen LogP contribution in [0.1, 0.15) is 73.4 Å². The summed E-state index contributed by atoms with van der Waals surface area (Å²) in [6, 6.07) is 6.04. The molecule has 1 rings (SSSR count). The maximum Gasteiger partial charge on any atom is 0.412 e. The van der Waals surface area contributed by atoms with E-state index in [1.54, 1.807) is 0 Å². The molecule has 1 aromatic carbocycles. The van der Waals surface area contributed by atoms with Crippen molar-refractivity contribution in [1.82, 2.24) is 0 Å². The Morgan fingerprint density at radius 1 is 1.04 bits per heavy atom. The van der Waals surface area contributed by atoms with Gasteiger partial charge in [0, 0.05) is 10.4 Å². The summed E-state index contributed by atoms with van der Waals surface area (Å²) in [5, 5.41) is 2.84. The number of amides is 1. The summed E-state index contributed by atoms with van der Waals surface area (Å²) in [4.78, 5) is 12.1. The van der Waals surface area contributed by atoms with Crippen molar-refractivity contribution >= 4 is 28.4 Å². The molecule has 0 aromatic heterocycles. The lowest BCUT2D eigenvalue weighted by atomic mass is 9.86. The Labute approximate surface area is 161 Å². The van der Waals surface area contributed by atoms with Crippen molar-refractivity contribution in [2.45, 2.75) is 84.7 Å². The second-order valence-corrected chi connectivity index (χ2v) is 11.7. The highest BCUT2D eigenvalue weighted by atomic mass is 32.2. The summed E-state index contributed by atoms with van der Waals surface area (Å²) in [5.41, 5.74) is 2.27. The summed E-state index contributed by atoms with van der Waals surface area (Å²) < 4.78 is 11.3. The van der Waals surface area contributed by atoms with Crippen LogP contribution in [0.3, 0.4) is 0 Å². The molecule has 1 N–H and O–H groups in total. The normalized spacial score (nSPS) is 14.0. The van der Waals surface area contributed by atoms with Gasteiger partial charge in [0.1, 0.15) is 5.60 Å². The summed E-state index contributed by atoms with van der Waals surface area (Å²) in [6.45, 7) is 18.8. The summed E-state index contributed by atoms with van der Waals surface area (Å²) in [6.07, 6.45) is -0.456. The van der Waals surface area contributed by atoms with Crippen molar-refractivity contribution in [3.8, 4) is 0 Å². The van der Waals surface area contributed by atoms with Crippen molar-refractivity contribution in [2.24, 2.45) is 0 Å². The minimum atomic E-state index is -0.535. The topological polar surface area (TPSA) is 47.6 Å². The molecule has 0 aliphatic carbocycles. The fourth-order valence-electron chi connectivity index (χ4n) is 2.02. The Morgan fingerprint density at radius 3 is 2.08 bits per heavy atom. The second-order valence-electron chi connectivity index (χ2n) is 9.52. The molecule has 0 saturated heterocycles. The summed E-state index contributed by atoms with van der Waals surface area (Å²) >= 11 is 0. The molecule has 1 atom stereocenters. The van der Waals surface area contributed by atoms with Gasteiger partial charge in [-0.1, -0.05) is 37.6 Å². The van der Waals surface area contributed by atoms with Crippen LogP contribution in [0.15, 0.2) is 18.2 Å². The number of ether oxygens (including phenoxy) is 1. The van der Waals surface area contributed by atoms with E-state index in [1.165, 1.54) is 0 Å². The Bertz CT molecular complexity index is 661. The van der Waals surface area contributed by atoms with Crippen LogP contribution in [0, 0.1) is 0 Å². The molecular weight excluding hydrogens is 346 g/mol. The highest BCUT2D eigenvalue weighted by Gasteiger charge is 2.20. The third-order valence-corrected chi connectivity index (χ3v) is 5.32. The highest BCUT2D eigenvalue weighted by molar-refractivity contribution is 8.11. The number of carbonyl (C=O) groups is 1. The molecule has 5 heteroatoms. The van der Waals surface area contributed by atoms with E-state index in [4.69, 9.17) is 8.92 Å². The van der Waals surface area contributed by atoms with Gasteiger partial charge in [-0.05, 0) is 76.1 Å². The van der Waals surface area contributed by atoms with Crippen LogP contribution in [0.25, 0.3) is 0 Å². The van der Waals surface area contributed by atoms with Gasteiger partial charge in [-0.15, -0.1) is 0 Å². The molecule has 148 valence electrons. The van der Waals surface area contributed by atoms with Crippen LogP contribution < -0.4 is 5.32 Å². The molecule has 0 aliphatic heterocycles. The maximum atomic E-state index is 12.1. The zero-order chi connectivity index (χ0) is 20.3. The van der Waals surface area contributed by atoms with Crippen molar-refractivity contribution in [3.63, 3.8) is 0 Å². The van der Waals surface area contributed by atoms with Crippen molar-refractivity contribution < 1.29 is 13.7 Å². The van der Waals surface area contributed by atoms with Crippen LogP contribution in [0.4, 0.5) is 10.5 Å². The molecule has 0 heterocycles. The molecule has 1 aromatic rings. The fourth-order valence-corrected chi connectivity index (χ4v) is 2.65. The Morgan fingerprint density at radius 2 is 1.62 bits per heavy atom. The van der Waals surface area contributed by atoms with E-state index in [-0.39, 0.29) is 10.2 Å². The molecule has 1 amide bonds. The molecule has 0 fully saturated rings. The van der Waals surface area contributed by atoms with Gasteiger partial charge in [-0.3, -0.25) is 5.32 Å². The number of nitrogens with one attached hydrogen (secondary N) is 1. The average molecular weight is 382 g/mol. The van der Waals surface area contributed by atoms with E-state index in [2.05, 4.69) is 58.8 Å². The lowest BCUT2D eigenvalue weighted by Crippen LogP contribution is -2.27. The quantitative estimate of drug-likeness (QED) is 0.626. The molecule has 4 nitrogen and oxygen atoms in total. The molecule has 0 radical (unpaired) electrons. The van der Waals surface area contributed by atoms with Gasteiger partial charge in [-0.2, -0.15) is 0 Å². The number of anilines is 1. The first kappa shape index (κ1) is 22.7. The SMILES string of the molecule is C=S(OCc1cc(NC(=O)OC(C)(C)C)cc(C(C)(C)C)c1)C(C)(C)C. The van der Waals surface area contributed by atoms with Gasteiger partial charge < -0.3 is 8.92 Å². The van der Waals surface area contributed by atoms with E-state index in [0.717, 1.165) is 11.1 Å². The van der Waals surface area contributed by atoms with E-state index >= 15 is 0 Å². The summed E-state index contributed by atoms with van der Waals surface area (Å²) in [7, 11) is -0.408. The second kappa shape index (κ2) is 8.13. The minimum absolute atomic E-state index is 0.000762. The number of hydrogen-bond acceptors (Lipinski definition) is 3. The van der Waals surface area contributed by atoms with Gasteiger partial charge in [-0.25, -0.2) is 4.79 Å². The first-order valence-electron chi connectivity index (χ1n) is 8.90. The molecule has 0 saturated carbocycles. The monoisotopic (exact) mass is 381 g/mol. The van der Waals surface area contributed by atoms with Crippen LogP contribution in [-0.2, 0) is 20.9 Å². The lowest BCUT2D eigenvalue weighted by molar-refractivity contribution is 0.0636. The standard InChI is InChI=1S/C21H35NO3S/c1-19(2,3)16-11-15(14-24-26(10)21(7,8)9)12-17(13-16)22-18(23)25-20(4,5)6/h11-13H,10,14H2,1-9H3,(H,22,23). The van der Waals surface area contributed by atoms with E-state index in [9.17, 15) is 4.79 Å². The fraction of sp³-hybridized carbons (Fsp3) is 0.619. The number of hydrogen-bond donors (Lipinski definition) is 1. The van der Waals surface area contributed by atoms with E-state index in [1.807, 2.05) is 32.9 Å². The average Bonchev–Trinajstić information content (AvgIpc) is 2.40. The predicted molar refractivity (Wildman–Crippen MR) is 114 cm³/mol. The summed E-state index contributed by atoms with van der Waals surface area (Å²) in [5.74, 6) is 4.12. The van der Waals surface area contributed by atoms with Gasteiger partial charge in [0.2, 0.25) is 0 Å². The molecule has 1 unspecified atom stereocenters. The van der Waals surface area contributed by atoms with Crippen molar-refractivity contribution in [3.05, 3.63) is 29.3 Å². The highest BCUT2D eigenvalue weighted by Crippen LogP contribution is 2.33. The van der Waals surface area contributed by atoms with Crippen LogP contribution >= 0.6 is 10.8 Å². The third-order valence-electron chi connectivity index (χ3n) is 3.55. The third kappa shape index (κ3) is 7.92. The molecule has 0 aliphatic rings. The number of rotatable bonds is 4. The smallest absolute Gasteiger partial charge is 0.412 e. The first-order valence-corrected chi connectivity index (χ1v) is 10.2. The maximum absolute atomic E-state index is 12.1. The van der Waals surface area contributed by atoms with E-state index in [0.29, 0.717) is 12.3 Å². The first-order chi connectivity index (χ1) is 11.6. The van der Waals surface area contributed by atoms with Crippen LogP contribution in [0.2, 0.25) is 0 Å². The zero-order valence-electron chi connectivity index (χ0n) is 17.8. The van der Waals surface area contributed by atoms with Gasteiger partial charge in [0.05, 0.1) is 6.61 Å². The lowest BCUT2D eigenvalue weighted by Gasteiger charge is -2.25. The van der Waals surface area contributed by atoms with Crippen LogP contribution in [0.5, 0.6) is 0 Å². The predicted octanol–water partition coefficient (Wildman–Crippen LogP) is 6.26. The Hall–Kier alpha value is -1.33. The number of benzene rings is 1. The Balaban J connectivity index is 3.04. The van der Waals surface area contributed by atoms with Gasteiger partial charge in [0.15, 0.2) is 0 Å². The minimum Gasteiger partial charge on any atom is -0.444 e. The van der Waals surface area contributed by atoms with Crippen molar-refractivity contribution in [2.75, 3.05) is 5.32 Å². The van der Waals surface area contributed by atoms with E-state index < -0.39 is 22.5 Å².